The van der Waals surface area contributed by atoms with E-state index >= 15 is 0 Å². The van der Waals surface area contributed by atoms with E-state index in [1.54, 1.807) is 6.92 Å². The van der Waals surface area contributed by atoms with Gasteiger partial charge in [0, 0.05) is 5.57 Å². The standard InChI is InChI=1S/C10H14O2/c1-5-8-6-7(2)9(11)12-10(8,3)4/h5-6H,1-4H3/b8-5+. The molecule has 0 spiro atoms. The molecular formula is C10H14O2. The molecule has 0 aromatic heterocycles. The molecule has 2 heteroatoms. The van der Waals surface area contributed by atoms with Gasteiger partial charge in [0.15, 0.2) is 0 Å². The molecule has 0 N–H and O–H groups in total. The van der Waals surface area contributed by atoms with Crippen LogP contribution in [0.1, 0.15) is 27.7 Å². The number of allylic oxidation sites excluding steroid dienone is 1. The van der Waals surface area contributed by atoms with Crippen LogP contribution in [0.15, 0.2) is 23.3 Å². The van der Waals surface area contributed by atoms with E-state index in [9.17, 15) is 4.79 Å². The molecule has 0 amide bonds. The van der Waals surface area contributed by atoms with E-state index in [2.05, 4.69) is 0 Å². The molecule has 0 radical (unpaired) electrons. The summed E-state index contributed by atoms with van der Waals surface area (Å²) in [6.45, 7) is 7.49. The summed E-state index contributed by atoms with van der Waals surface area (Å²) in [5.74, 6) is -0.217. The van der Waals surface area contributed by atoms with Gasteiger partial charge in [-0.25, -0.2) is 4.79 Å². The summed E-state index contributed by atoms with van der Waals surface area (Å²) < 4.78 is 5.21. The Kier molecular flexibility index (Phi) is 2.09. The first-order valence-electron chi connectivity index (χ1n) is 4.06. The summed E-state index contributed by atoms with van der Waals surface area (Å²) in [6, 6.07) is 0. The van der Waals surface area contributed by atoms with E-state index in [1.807, 2.05) is 32.9 Å². The van der Waals surface area contributed by atoms with Crippen molar-refractivity contribution in [2.75, 3.05) is 0 Å². The molecule has 0 bridgehead atoms. The maximum atomic E-state index is 11.2. The maximum Gasteiger partial charge on any atom is 0.334 e. The van der Waals surface area contributed by atoms with Crippen molar-refractivity contribution < 1.29 is 9.53 Å². The SMILES string of the molecule is C/C=C1\C=C(C)C(=O)OC1(C)C. The Morgan fingerprint density at radius 2 is 2.08 bits per heavy atom. The number of hydrogen-bond acceptors (Lipinski definition) is 2. The van der Waals surface area contributed by atoms with Crippen LogP contribution in [0.2, 0.25) is 0 Å². The molecule has 0 aromatic rings. The molecule has 0 unspecified atom stereocenters. The van der Waals surface area contributed by atoms with Crippen molar-refractivity contribution in [3.63, 3.8) is 0 Å². The third-order valence-corrected chi connectivity index (χ3v) is 2.05. The van der Waals surface area contributed by atoms with Crippen LogP contribution in [0, 0.1) is 0 Å². The molecule has 66 valence electrons. The summed E-state index contributed by atoms with van der Waals surface area (Å²) in [6.07, 6.45) is 3.85. The molecule has 0 saturated carbocycles. The summed E-state index contributed by atoms with van der Waals surface area (Å²) in [5.41, 5.74) is 1.26. The molecule has 0 atom stereocenters. The van der Waals surface area contributed by atoms with Gasteiger partial charge in [-0.3, -0.25) is 0 Å². The number of rotatable bonds is 0. The molecule has 1 aliphatic heterocycles. The largest absolute Gasteiger partial charge is 0.451 e. The topological polar surface area (TPSA) is 26.3 Å². The Hall–Kier alpha value is -1.05. The Morgan fingerprint density at radius 1 is 1.50 bits per heavy atom. The number of ether oxygens (including phenoxy) is 1. The number of esters is 1. The van der Waals surface area contributed by atoms with Crippen LogP contribution in [-0.2, 0) is 9.53 Å². The van der Waals surface area contributed by atoms with E-state index < -0.39 is 5.60 Å². The summed E-state index contributed by atoms with van der Waals surface area (Å²) in [4.78, 5) is 11.2. The van der Waals surface area contributed by atoms with E-state index in [0.717, 1.165) is 5.57 Å². The number of carbonyl (C=O) groups excluding carboxylic acids is 1. The Balaban J connectivity index is 3.11. The predicted octanol–water partition coefficient (Wildman–Crippen LogP) is 2.21. The first-order valence-corrected chi connectivity index (χ1v) is 4.06. The van der Waals surface area contributed by atoms with Crippen LogP contribution in [0.5, 0.6) is 0 Å². The van der Waals surface area contributed by atoms with Crippen LogP contribution >= 0.6 is 0 Å². The minimum atomic E-state index is -0.467. The Bertz CT molecular complexity index is 270. The number of cyclic esters (lactones) is 1. The third-order valence-electron chi connectivity index (χ3n) is 2.05. The quantitative estimate of drug-likeness (QED) is 0.516. The number of hydrogen-bond donors (Lipinski definition) is 0. The molecule has 1 heterocycles. The third kappa shape index (κ3) is 1.42. The van der Waals surface area contributed by atoms with Crippen molar-refractivity contribution in [3.8, 4) is 0 Å². The van der Waals surface area contributed by atoms with Crippen molar-refractivity contribution in [3.05, 3.63) is 23.3 Å². The van der Waals surface area contributed by atoms with Crippen LogP contribution in [0.25, 0.3) is 0 Å². The predicted molar refractivity (Wildman–Crippen MR) is 47.7 cm³/mol. The van der Waals surface area contributed by atoms with Gasteiger partial charge in [0.25, 0.3) is 0 Å². The molecule has 1 aliphatic rings. The van der Waals surface area contributed by atoms with Gasteiger partial charge in [0.2, 0.25) is 0 Å². The first-order chi connectivity index (χ1) is 5.47. The lowest BCUT2D eigenvalue weighted by Gasteiger charge is -2.30. The van der Waals surface area contributed by atoms with Crippen molar-refractivity contribution >= 4 is 5.97 Å². The Labute approximate surface area is 72.9 Å². The second-order valence-corrected chi connectivity index (χ2v) is 3.47. The van der Waals surface area contributed by atoms with Gasteiger partial charge in [-0.1, -0.05) is 6.08 Å². The van der Waals surface area contributed by atoms with Gasteiger partial charge in [0.1, 0.15) is 5.60 Å². The fraction of sp³-hybridized carbons (Fsp3) is 0.500. The molecule has 2 nitrogen and oxygen atoms in total. The normalized spacial score (nSPS) is 25.2. The van der Waals surface area contributed by atoms with Gasteiger partial charge in [-0.2, -0.15) is 0 Å². The van der Waals surface area contributed by atoms with Crippen LogP contribution in [0.3, 0.4) is 0 Å². The average molecular weight is 166 g/mol. The zero-order chi connectivity index (χ0) is 9.35. The highest BCUT2D eigenvalue weighted by molar-refractivity contribution is 5.90. The molecule has 12 heavy (non-hydrogen) atoms. The summed E-state index contributed by atoms with van der Waals surface area (Å²) in [7, 11) is 0. The van der Waals surface area contributed by atoms with Gasteiger partial charge >= 0.3 is 5.97 Å². The number of carbonyl (C=O) groups is 1. The second-order valence-electron chi connectivity index (χ2n) is 3.47. The minimum absolute atomic E-state index is 0.217. The monoisotopic (exact) mass is 166 g/mol. The zero-order valence-corrected chi connectivity index (χ0v) is 7.97. The van der Waals surface area contributed by atoms with Crippen molar-refractivity contribution in [2.24, 2.45) is 0 Å². The average Bonchev–Trinajstić information content (AvgIpc) is 1.96. The lowest BCUT2D eigenvalue weighted by Crippen LogP contribution is -2.33. The van der Waals surface area contributed by atoms with Crippen LogP contribution in [-0.4, -0.2) is 11.6 Å². The van der Waals surface area contributed by atoms with E-state index in [1.165, 1.54) is 0 Å². The van der Waals surface area contributed by atoms with Crippen molar-refractivity contribution in [1.82, 2.24) is 0 Å². The first kappa shape index (κ1) is 9.04. The molecule has 0 fully saturated rings. The smallest absolute Gasteiger partial charge is 0.334 e. The Morgan fingerprint density at radius 3 is 2.58 bits per heavy atom. The van der Waals surface area contributed by atoms with Gasteiger partial charge < -0.3 is 4.74 Å². The maximum absolute atomic E-state index is 11.2. The molecular weight excluding hydrogens is 152 g/mol. The highest BCUT2D eigenvalue weighted by Gasteiger charge is 2.30. The lowest BCUT2D eigenvalue weighted by atomic mass is 9.93. The molecule has 0 aliphatic carbocycles. The van der Waals surface area contributed by atoms with Crippen molar-refractivity contribution in [1.29, 1.82) is 0 Å². The summed E-state index contributed by atoms with van der Waals surface area (Å²) in [5, 5.41) is 0. The van der Waals surface area contributed by atoms with E-state index in [4.69, 9.17) is 4.74 Å². The van der Waals surface area contributed by atoms with Gasteiger partial charge in [0.05, 0.1) is 0 Å². The van der Waals surface area contributed by atoms with Gasteiger partial charge in [-0.05, 0) is 39.3 Å². The highest BCUT2D eigenvalue weighted by Crippen LogP contribution is 2.28. The fourth-order valence-electron chi connectivity index (χ4n) is 1.27. The fourth-order valence-corrected chi connectivity index (χ4v) is 1.27. The minimum Gasteiger partial charge on any atom is -0.451 e. The second kappa shape index (κ2) is 2.77. The molecule has 0 aromatic carbocycles. The van der Waals surface area contributed by atoms with E-state index in [0.29, 0.717) is 5.57 Å². The molecule has 0 saturated heterocycles. The molecule has 1 rings (SSSR count). The highest BCUT2D eigenvalue weighted by atomic mass is 16.6. The summed E-state index contributed by atoms with van der Waals surface area (Å²) >= 11 is 0. The van der Waals surface area contributed by atoms with E-state index in [-0.39, 0.29) is 5.97 Å². The van der Waals surface area contributed by atoms with Crippen LogP contribution in [0.4, 0.5) is 0 Å². The lowest BCUT2D eigenvalue weighted by molar-refractivity contribution is -0.149. The van der Waals surface area contributed by atoms with Gasteiger partial charge in [-0.15, -0.1) is 0 Å². The van der Waals surface area contributed by atoms with Crippen LogP contribution < -0.4 is 0 Å². The zero-order valence-electron chi connectivity index (χ0n) is 7.97. The van der Waals surface area contributed by atoms with Crippen molar-refractivity contribution in [2.45, 2.75) is 33.3 Å².